The monoisotopic (exact) mass is 220 g/mol. The van der Waals surface area contributed by atoms with Gasteiger partial charge in [-0.2, -0.15) is 0 Å². The largest absolute Gasteiger partial charge is 0.487 e. The van der Waals surface area contributed by atoms with Crippen LogP contribution in [0.4, 0.5) is 0 Å². The number of carbonyl (C=O) groups excluding carboxylic acids is 1. The molecule has 86 valence electrons. The Morgan fingerprint density at radius 1 is 1.50 bits per heavy atom. The van der Waals surface area contributed by atoms with Crippen LogP contribution in [-0.2, 0) is 6.42 Å². The van der Waals surface area contributed by atoms with Crippen LogP contribution in [-0.4, -0.2) is 22.6 Å². The molecule has 1 heterocycles. The summed E-state index contributed by atoms with van der Waals surface area (Å²) in [6.45, 7) is 5.01. The molecule has 0 fully saturated rings. The Labute approximate surface area is 95.0 Å². The third-order valence-corrected chi connectivity index (χ3v) is 2.93. The Bertz CT molecular complexity index is 429. The number of aliphatic hydroxyl groups is 1. The minimum atomic E-state index is -0.866. The fraction of sp³-hybridized carbons (Fsp3) is 0.462. The van der Waals surface area contributed by atoms with Gasteiger partial charge in [0.1, 0.15) is 11.9 Å². The third-order valence-electron chi connectivity index (χ3n) is 2.93. The van der Waals surface area contributed by atoms with Crippen molar-refractivity contribution >= 4 is 5.78 Å². The van der Waals surface area contributed by atoms with Gasteiger partial charge in [-0.3, -0.25) is 4.79 Å². The predicted molar refractivity (Wildman–Crippen MR) is 60.9 cm³/mol. The summed E-state index contributed by atoms with van der Waals surface area (Å²) in [5.74, 6) is 0.826. The summed E-state index contributed by atoms with van der Waals surface area (Å²) in [6.07, 6.45) is 0.421. The van der Waals surface area contributed by atoms with Gasteiger partial charge in [-0.15, -0.1) is 0 Å². The van der Waals surface area contributed by atoms with E-state index in [0.29, 0.717) is 12.0 Å². The lowest BCUT2D eigenvalue weighted by Gasteiger charge is -2.24. The first-order chi connectivity index (χ1) is 7.38. The van der Waals surface area contributed by atoms with Crippen LogP contribution in [0.25, 0.3) is 0 Å². The van der Waals surface area contributed by atoms with E-state index in [1.54, 1.807) is 32.9 Å². The summed E-state index contributed by atoms with van der Waals surface area (Å²) in [4.78, 5) is 11.2. The van der Waals surface area contributed by atoms with Gasteiger partial charge in [0.2, 0.25) is 0 Å². The number of fused-ring (bicyclic) bond motifs is 1. The molecule has 16 heavy (non-hydrogen) atoms. The van der Waals surface area contributed by atoms with Crippen LogP contribution >= 0.6 is 0 Å². The average molecular weight is 220 g/mol. The standard InChI is InChI=1S/C13H16O3/c1-8(14)9-4-5-11-10(6-9)7-12(16-11)13(2,3)15/h4-6,12,15H,7H2,1-3H3. The summed E-state index contributed by atoms with van der Waals surface area (Å²) < 4.78 is 5.64. The van der Waals surface area contributed by atoms with Crippen molar-refractivity contribution in [1.29, 1.82) is 0 Å². The Morgan fingerprint density at radius 3 is 2.75 bits per heavy atom. The number of ketones is 1. The molecule has 0 aromatic heterocycles. The first-order valence-electron chi connectivity index (χ1n) is 5.41. The molecule has 1 aliphatic rings. The quantitative estimate of drug-likeness (QED) is 0.775. The van der Waals surface area contributed by atoms with Crippen molar-refractivity contribution in [2.45, 2.75) is 38.9 Å². The molecule has 1 aromatic rings. The third kappa shape index (κ3) is 1.95. The van der Waals surface area contributed by atoms with Crippen LogP contribution in [0, 0.1) is 0 Å². The van der Waals surface area contributed by atoms with Gasteiger partial charge in [-0.25, -0.2) is 0 Å². The van der Waals surface area contributed by atoms with Crippen molar-refractivity contribution in [2.75, 3.05) is 0 Å². The number of ether oxygens (including phenoxy) is 1. The predicted octanol–water partition coefficient (Wildman–Crippen LogP) is 1.96. The minimum Gasteiger partial charge on any atom is -0.487 e. The second-order valence-corrected chi connectivity index (χ2v) is 4.84. The van der Waals surface area contributed by atoms with Crippen LogP contribution in [0.2, 0.25) is 0 Å². The Hall–Kier alpha value is -1.35. The lowest BCUT2D eigenvalue weighted by Crippen LogP contribution is -2.39. The molecule has 0 bridgehead atoms. The van der Waals surface area contributed by atoms with Crippen LogP contribution in [0.3, 0.4) is 0 Å². The maximum absolute atomic E-state index is 11.2. The zero-order valence-corrected chi connectivity index (χ0v) is 9.78. The molecule has 1 N–H and O–H groups in total. The summed E-state index contributed by atoms with van der Waals surface area (Å²) >= 11 is 0. The van der Waals surface area contributed by atoms with Gasteiger partial charge < -0.3 is 9.84 Å². The Kier molecular flexibility index (Phi) is 2.50. The second kappa shape index (κ2) is 3.59. The van der Waals surface area contributed by atoms with E-state index in [0.717, 1.165) is 11.3 Å². The van der Waals surface area contributed by atoms with E-state index in [2.05, 4.69) is 0 Å². The number of benzene rings is 1. The Balaban J connectivity index is 2.28. The number of Topliss-reactive ketones (excluding diaryl/α,β-unsaturated/α-hetero) is 1. The maximum atomic E-state index is 11.2. The average Bonchev–Trinajstić information content (AvgIpc) is 2.58. The van der Waals surface area contributed by atoms with Crippen molar-refractivity contribution in [3.8, 4) is 5.75 Å². The highest BCUT2D eigenvalue weighted by atomic mass is 16.5. The maximum Gasteiger partial charge on any atom is 0.159 e. The topological polar surface area (TPSA) is 46.5 Å². The fourth-order valence-electron chi connectivity index (χ4n) is 1.86. The van der Waals surface area contributed by atoms with Crippen LogP contribution in [0.15, 0.2) is 18.2 Å². The van der Waals surface area contributed by atoms with Gasteiger partial charge in [0, 0.05) is 12.0 Å². The fourth-order valence-corrected chi connectivity index (χ4v) is 1.86. The Morgan fingerprint density at radius 2 is 2.19 bits per heavy atom. The van der Waals surface area contributed by atoms with Crippen molar-refractivity contribution in [2.24, 2.45) is 0 Å². The van der Waals surface area contributed by atoms with E-state index in [4.69, 9.17) is 4.74 Å². The number of carbonyl (C=O) groups is 1. The zero-order valence-electron chi connectivity index (χ0n) is 9.78. The molecule has 0 saturated heterocycles. The molecular weight excluding hydrogens is 204 g/mol. The molecule has 1 aliphatic heterocycles. The van der Waals surface area contributed by atoms with Crippen molar-refractivity contribution < 1.29 is 14.6 Å². The normalized spacial score (nSPS) is 19.1. The second-order valence-electron chi connectivity index (χ2n) is 4.84. The molecule has 0 aliphatic carbocycles. The first kappa shape index (κ1) is 11.1. The van der Waals surface area contributed by atoms with Gasteiger partial charge >= 0.3 is 0 Å². The number of hydrogen-bond donors (Lipinski definition) is 1. The molecule has 2 rings (SSSR count). The van der Waals surface area contributed by atoms with Crippen molar-refractivity contribution in [3.63, 3.8) is 0 Å². The smallest absolute Gasteiger partial charge is 0.159 e. The highest BCUT2D eigenvalue weighted by molar-refractivity contribution is 5.94. The van der Waals surface area contributed by atoms with Crippen LogP contribution in [0.5, 0.6) is 5.75 Å². The van der Waals surface area contributed by atoms with Crippen LogP contribution in [0.1, 0.15) is 36.7 Å². The van der Waals surface area contributed by atoms with E-state index in [1.165, 1.54) is 0 Å². The number of rotatable bonds is 2. The number of hydrogen-bond acceptors (Lipinski definition) is 3. The van der Waals surface area contributed by atoms with E-state index < -0.39 is 5.60 Å². The van der Waals surface area contributed by atoms with Gasteiger partial charge in [-0.1, -0.05) is 0 Å². The molecule has 1 aromatic carbocycles. The minimum absolute atomic E-state index is 0.0505. The lowest BCUT2D eigenvalue weighted by molar-refractivity contribution is -0.0229. The molecule has 0 radical (unpaired) electrons. The van der Waals surface area contributed by atoms with E-state index >= 15 is 0 Å². The van der Waals surface area contributed by atoms with E-state index in [-0.39, 0.29) is 11.9 Å². The summed E-state index contributed by atoms with van der Waals surface area (Å²) in [6, 6.07) is 5.41. The SMILES string of the molecule is CC(=O)c1ccc2c(c1)CC(C(C)(C)O)O2. The molecular formula is C13H16O3. The molecule has 1 unspecified atom stereocenters. The van der Waals surface area contributed by atoms with Crippen LogP contribution < -0.4 is 4.74 Å². The summed E-state index contributed by atoms with van der Waals surface area (Å²) in [5.41, 5.74) is 0.827. The highest BCUT2D eigenvalue weighted by Gasteiger charge is 2.34. The van der Waals surface area contributed by atoms with Crippen molar-refractivity contribution in [3.05, 3.63) is 29.3 Å². The van der Waals surface area contributed by atoms with Gasteiger partial charge in [0.25, 0.3) is 0 Å². The first-order valence-corrected chi connectivity index (χ1v) is 5.41. The molecule has 3 heteroatoms. The zero-order chi connectivity index (χ0) is 11.9. The summed E-state index contributed by atoms with van der Waals surface area (Å²) in [7, 11) is 0. The van der Waals surface area contributed by atoms with Crippen molar-refractivity contribution in [1.82, 2.24) is 0 Å². The van der Waals surface area contributed by atoms with Gasteiger partial charge in [0.05, 0.1) is 5.60 Å². The molecule has 0 saturated carbocycles. The van der Waals surface area contributed by atoms with Gasteiger partial charge in [-0.05, 0) is 44.5 Å². The molecule has 1 atom stereocenters. The highest BCUT2D eigenvalue weighted by Crippen LogP contribution is 2.33. The van der Waals surface area contributed by atoms with E-state index in [9.17, 15) is 9.90 Å². The van der Waals surface area contributed by atoms with Gasteiger partial charge in [0.15, 0.2) is 5.78 Å². The molecule has 3 nitrogen and oxygen atoms in total. The summed E-state index contributed by atoms with van der Waals surface area (Å²) in [5, 5.41) is 9.88. The lowest BCUT2D eigenvalue weighted by atomic mass is 9.96. The molecule has 0 amide bonds. The van der Waals surface area contributed by atoms with E-state index in [1.807, 2.05) is 6.07 Å². The molecule has 0 spiro atoms.